The molecule has 2 rings (SSSR count). The van der Waals surface area contributed by atoms with Gasteiger partial charge in [0.15, 0.2) is 0 Å². The maximum absolute atomic E-state index is 11.0. The predicted octanol–water partition coefficient (Wildman–Crippen LogP) is 1.60. The SMILES string of the molecule is O=Cc1ccc2c(O)cc(S(=O)(=O)O)cc2c1. The second-order valence-electron chi connectivity index (χ2n) is 3.52. The number of carbonyl (C=O) groups is 1. The maximum Gasteiger partial charge on any atom is 0.294 e. The average Bonchev–Trinajstić information content (AvgIpc) is 2.27. The van der Waals surface area contributed by atoms with Gasteiger partial charge in [-0.05, 0) is 23.6 Å². The van der Waals surface area contributed by atoms with E-state index in [-0.39, 0.29) is 5.75 Å². The van der Waals surface area contributed by atoms with Gasteiger partial charge >= 0.3 is 0 Å². The fourth-order valence-corrected chi connectivity index (χ4v) is 2.10. The van der Waals surface area contributed by atoms with Gasteiger partial charge in [0.2, 0.25) is 0 Å². The van der Waals surface area contributed by atoms with E-state index in [4.69, 9.17) is 4.55 Å². The highest BCUT2D eigenvalue weighted by Crippen LogP contribution is 2.29. The predicted molar refractivity (Wildman–Crippen MR) is 60.8 cm³/mol. The molecular formula is C11H8O5S. The van der Waals surface area contributed by atoms with Crippen LogP contribution in [-0.4, -0.2) is 24.4 Å². The van der Waals surface area contributed by atoms with Gasteiger partial charge in [0, 0.05) is 17.0 Å². The quantitative estimate of drug-likeness (QED) is 0.625. The Bertz CT molecular complexity index is 703. The molecule has 0 saturated carbocycles. The normalized spacial score (nSPS) is 11.6. The fraction of sp³-hybridized carbons (Fsp3) is 0. The largest absolute Gasteiger partial charge is 0.507 e. The highest BCUT2D eigenvalue weighted by molar-refractivity contribution is 7.85. The molecule has 0 radical (unpaired) electrons. The first kappa shape index (κ1) is 11.6. The second-order valence-corrected chi connectivity index (χ2v) is 4.94. The Balaban J connectivity index is 2.83. The van der Waals surface area contributed by atoms with Crippen LogP contribution < -0.4 is 0 Å². The molecule has 2 aromatic rings. The van der Waals surface area contributed by atoms with Gasteiger partial charge in [0.1, 0.15) is 12.0 Å². The lowest BCUT2D eigenvalue weighted by Crippen LogP contribution is -1.97. The average molecular weight is 252 g/mol. The van der Waals surface area contributed by atoms with Crippen molar-refractivity contribution in [1.82, 2.24) is 0 Å². The molecule has 2 aromatic carbocycles. The zero-order chi connectivity index (χ0) is 12.6. The topological polar surface area (TPSA) is 91.7 Å². The number of carbonyl (C=O) groups excluding carboxylic acids is 1. The molecule has 0 atom stereocenters. The van der Waals surface area contributed by atoms with Crippen LogP contribution in [0.25, 0.3) is 10.8 Å². The third kappa shape index (κ3) is 2.13. The van der Waals surface area contributed by atoms with Crippen molar-refractivity contribution in [3.05, 3.63) is 35.9 Å². The van der Waals surface area contributed by atoms with Gasteiger partial charge in [-0.2, -0.15) is 8.42 Å². The molecule has 0 aliphatic rings. The lowest BCUT2D eigenvalue weighted by atomic mass is 10.1. The summed E-state index contributed by atoms with van der Waals surface area (Å²) in [5.74, 6) is -0.271. The van der Waals surface area contributed by atoms with Crippen LogP contribution in [0.15, 0.2) is 35.2 Å². The van der Waals surface area contributed by atoms with Crippen LogP contribution in [0.4, 0.5) is 0 Å². The van der Waals surface area contributed by atoms with Crippen LogP contribution in [0.2, 0.25) is 0 Å². The first-order valence-electron chi connectivity index (χ1n) is 4.61. The highest BCUT2D eigenvalue weighted by atomic mass is 32.2. The lowest BCUT2D eigenvalue weighted by molar-refractivity contribution is 0.112. The smallest absolute Gasteiger partial charge is 0.294 e. The van der Waals surface area contributed by atoms with E-state index in [2.05, 4.69) is 0 Å². The molecule has 0 fully saturated rings. The lowest BCUT2D eigenvalue weighted by Gasteiger charge is -2.04. The summed E-state index contributed by atoms with van der Waals surface area (Å²) in [4.78, 5) is 10.2. The van der Waals surface area contributed by atoms with Crippen molar-refractivity contribution < 1.29 is 22.9 Å². The summed E-state index contributed by atoms with van der Waals surface area (Å²) in [7, 11) is -4.38. The number of phenols is 1. The Morgan fingerprint density at radius 3 is 2.41 bits per heavy atom. The van der Waals surface area contributed by atoms with Crippen molar-refractivity contribution in [3.8, 4) is 5.75 Å². The summed E-state index contributed by atoms with van der Waals surface area (Å²) in [6, 6.07) is 6.58. The van der Waals surface area contributed by atoms with E-state index in [1.54, 1.807) is 0 Å². The van der Waals surface area contributed by atoms with Crippen LogP contribution in [0.1, 0.15) is 10.4 Å². The number of rotatable bonds is 2. The third-order valence-corrected chi connectivity index (χ3v) is 3.19. The first-order valence-corrected chi connectivity index (χ1v) is 6.05. The molecule has 0 aromatic heterocycles. The number of aromatic hydroxyl groups is 1. The maximum atomic E-state index is 11.0. The Morgan fingerprint density at radius 2 is 1.82 bits per heavy atom. The standard InChI is InChI=1S/C11H8O5S/c12-6-7-1-2-10-8(3-7)4-9(5-11(10)13)17(14,15)16/h1-6,13H,(H,14,15,16). The molecule has 2 N–H and O–H groups in total. The van der Waals surface area contributed by atoms with E-state index >= 15 is 0 Å². The number of fused-ring (bicyclic) bond motifs is 1. The van der Waals surface area contributed by atoms with Crippen LogP contribution in [0.5, 0.6) is 5.75 Å². The summed E-state index contributed by atoms with van der Waals surface area (Å²) in [6.45, 7) is 0. The number of hydrogen-bond donors (Lipinski definition) is 2. The molecule has 0 aliphatic heterocycles. The number of hydrogen-bond acceptors (Lipinski definition) is 4. The van der Waals surface area contributed by atoms with Crippen LogP contribution in [0, 0.1) is 0 Å². The first-order chi connectivity index (χ1) is 7.91. The molecular weight excluding hydrogens is 244 g/mol. The van der Waals surface area contributed by atoms with Gasteiger partial charge in [-0.25, -0.2) is 0 Å². The summed E-state index contributed by atoms with van der Waals surface area (Å²) in [5, 5.41) is 10.4. The van der Waals surface area contributed by atoms with Crippen molar-refractivity contribution in [1.29, 1.82) is 0 Å². The molecule has 88 valence electrons. The Kier molecular flexibility index (Phi) is 2.60. The monoisotopic (exact) mass is 252 g/mol. The summed E-state index contributed by atoms with van der Waals surface area (Å²) < 4.78 is 30.8. The zero-order valence-electron chi connectivity index (χ0n) is 8.49. The molecule has 17 heavy (non-hydrogen) atoms. The molecule has 0 spiro atoms. The van der Waals surface area contributed by atoms with E-state index in [0.29, 0.717) is 22.6 Å². The van der Waals surface area contributed by atoms with Crippen LogP contribution >= 0.6 is 0 Å². The Hall–Kier alpha value is -1.92. The van der Waals surface area contributed by atoms with Gasteiger partial charge in [-0.15, -0.1) is 0 Å². The third-order valence-electron chi connectivity index (χ3n) is 2.36. The minimum atomic E-state index is -4.38. The number of benzene rings is 2. The molecule has 0 aliphatic carbocycles. The molecule has 5 nitrogen and oxygen atoms in total. The molecule has 0 bridgehead atoms. The van der Waals surface area contributed by atoms with Gasteiger partial charge in [-0.3, -0.25) is 9.35 Å². The molecule has 0 amide bonds. The van der Waals surface area contributed by atoms with Crippen molar-refractivity contribution in [2.45, 2.75) is 4.90 Å². The van der Waals surface area contributed by atoms with Crippen molar-refractivity contribution in [3.63, 3.8) is 0 Å². The Labute approximate surface area is 97.1 Å². The van der Waals surface area contributed by atoms with E-state index in [9.17, 15) is 18.3 Å². The molecule has 0 heterocycles. The summed E-state index contributed by atoms with van der Waals surface area (Å²) >= 11 is 0. The summed E-state index contributed by atoms with van der Waals surface area (Å²) in [6.07, 6.45) is 0.608. The molecule has 0 saturated heterocycles. The molecule has 6 heteroatoms. The Morgan fingerprint density at radius 1 is 1.12 bits per heavy atom. The van der Waals surface area contributed by atoms with Crippen molar-refractivity contribution in [2.75, 3.05) is 0 Å². The van der Waals surface area contributed by atoms with E-state index in [1.807, 2.05) is 0 Å². The fourth-order valence-electron chi connectivity index (χ4n) is 1.56. The van der Waals surface area contributed by atoms with E-state index in [1.165, 1.54) is 24.3 Å². The van der Waals surface area contributed by atoms with Crippen molar-refractivity contribution >= 4 is 27.2 Å². The zero-order valence-corrected chi connectivity index (χ0v) is 9.31. The highest BCUT2D eigenvalue weighted by Gasteiger charge is 2.13. The van der Waals surface area contributed by atoms with Crippen molar-refractivity contribution in [2.24, 2.45) is 0 Å². The van der Waals surface area contributed by atoms with Gasteiger partial charge in [0.25, 0.3) is 10.1 Å². The van der Waals surface area contributed by atoms with Crippen LogP contribution in [-0.2, 0) is 10.1 Å². The van der Waals surface area contributed by atoms with E-state index < -0.39 is 15.0 Å². The number of phenolic OH excluding ortho intramolecular Hbond substituents is 1. The minimum Gasteiger partial charge on any atom is -0.507 e. The number of aldehydes is 1. The second kappa shape index (κ2) is 3.83. The summed E-state index contributed by atoms with van der Waals surface area (Å²) in [5.41, 5.74) is 0.351. The minimum absolute atomic E-state index is 0.271. The molecule has 0 unspecified atom stereocenters. The van der Waals surface area contributed by atoms with Gasteiger partial charge < -0.3 is 5.11 Å². The van der Waals surface area contributed by atoms with Gasteiger partial charge in [-0.1, -0.05) is 6.07 Å². The van der Waals surface area contributed by atoms with E-state index in [0.717, 1.165) is 6.07 Å². The van der Waals surface area contributed by atoms with Crippen LogP contribution in [0.3, 0.4) is 0 Å². The van der Waals surface area contributed by atoms with Gasteiger partial charge in [0.05, 0.1) is 4.90 Å².